The van der Waals surface area contributed by atoms with E-state index >= 15 is 0 Å². The minimum atomic E-state index is -1.34. The lowest BCUT2D eigenvalue weighted by atomic mass is 9.95. The summed E-state index contributed by atoms with van der Waals surface area (Å²) < 4.78 is 5.41. The van der Waals surface area contributed by atoms with E-state index in [-0.39, 0.29) is 19.6 Å². The summed E-state index contributed by atoms with van der Waals surface area (Å²) in [5.41, 5.74) is 4.61. The largest absolute Gasteiger partial charge is 0.480 e. The second kappa shape index (κ2) is 17.6. The van der Waals surface area contributed by atoms with Crippen LogP contribution < -0.4 is 15.5 Å². The molecule has 2 amide bonds. The highest BCUT2D eigenvalue weighted by molar-refractivity contribution is 5.93. The van der Waals surface area contributed by atoms with Crippen LogP contribution in [0, 0.1) is 0 Å². The van der Waals surface area contributed by atoms with E-state index in [9.17, 15) is 24.3 Å². The van der Waals surface area contributed by atoms with E-state index in [1.54, 1.807) is 24.5 Å². The average Bonchev–Trinajstić information content (AvgIpc) is 3.12. The van der Waals surface area contributed by atoms with Gasteiger partial charge in [-0.3, -0.25) is 24.3 Å². The van der Waals surface area contributed by atoms with Crippen molar-refractivity contribution in [3.05, 3.63) is 132 Å². The SMILES string of the molecule is O=C(CN1CCN(c2ccncc2)CC1)N[C@@H](CC(=O)OCc1ccccc1)C(=O)N[C@@H](Cc1ccccc1Cc1ccccc1)C(=O)O. The molecule has 3 N–H and O–H groups in total. The third-order valence-corrected chi connectivity index (χ3v) is 8.43. The van der Waals surface area contributed by atoms with E-state index in [1.165, 1.54) is 0 Å². The fraction of sp³-hybridized carbons (Fsp3) is 0.289. The van der Waals surface area contributed by atoms with Gasteiger partial charge in [-0.25, -0.2) is 4.79 Å². The van der Waals surface area contributed by atoms with Crippen LogP contribution in [0.15, 0.2) is 109 Å². The number of esters is 1. The van der Waals surface area contributed by atoms with Gasteiger partial charge in [-0.15, -0.1) is 0 Å². The highest BCUT2D eigenvalue weighted by Gasteiger charge is 2.30. The Morgan fingerprint density at radius 2 is 1.35 bits per heavy atom. The molecule has 49 heavy (non-hydrogen) atoms. The van der Waals surface area contributed by atoms with Crippen LogP contribution in [0.25, 0.3) is 0 Å². The number of carboxylic acid groups (broad SMARTS) is 1. The Kier molecular flexibility index (Phi) is 12.5. The second-order valence-corrected chi connectivity index (χ2v) is 12.0. The molecule has 1 fully saturated rings. The van der Waals surface area contributed by atoms with Gasteiger partial charge < -0.3 is 25.4 Å². The summed E-state index contributed by atoms with van der Waals surface area (Å²) in [6.45, 7) is 2.67. The van der Waals surface area contributed by atoms with Crippen molar-refractivity contribution in [2.75, 3.05) is 37.6 Å². The van der Waals surface area contributed by atoms with Crippen molar-refractivity contribution in [2.24, 2.45) is 0 Å². The Bertz CT molecular complexity index is 1680. The van der Waals surface area contributed by atoms with E-state index in [4.69, 9.17) is 4.74 Å². The summed E-state index contributed by atoms with van der Waals surface area (Å²) in [5, 5.41) is 15.4. The van der Waals surface area contributed by atoms with Gasteiger partial charge in [0.25, 0.3) is 0 Å². The number of carbonyl (C=O) groups excluding carboxylic acids is 3. The average molecular weight is 664 g/mol. The van der Waals surface area contributed by atoms with Crippen molar-refractivity contribution in [1.29, 1.82) is 0 Å². The van der Waals surface area contributed by atoms with Crippen molar-refractivity contribution < 1.29 is 29.0 Å². The maximum absolute atomic E-state index is 13.6. The predicted molar refractivity (Wildman–Crippen MR) is 185 cm³/mol. The zero-order valence-electron chi connectivity index (χ0n) is 27.2. The topological polar surface area (TPSA) is 141 Å². The molecule has 4 aromatic rings. The monoisotopic (exact) mass is 663 g/mol. The molecule has 0 spiro atoms. The molecule has 11 heteroatoms. The van der Waals surface area contributed by atoms with E-state index in [2.05, 4.69) is 20.5 Å². The van der Waals surface area contributed by atoms with Crippen molar-refractivity contribution in [2.45, 2.75) is 38.0 Å². The quantitative estimate of drug-likeness (QED) is 0.164. The van der Waals surface area contributed by atoms with Gasteiger partial charge >= 0.3 is 11.9 Å². The summed E-state index contributed by atoms with van der Waals surface area (Å²) >= 11 is 0. The number of nitrogens with zero attached hydrogens (tertiary/aromatic N) is 3. The third kappa shape index (κ3) is 10.7. The number of pyridine rings is 1. The fourth-order valence-electron chi connectivity index (χ4n) is 5.77. The minimum absolute atomic E-state index is 0.000335. The van der Waals surface area contributed by atoms with Crippen LogP contribution in [0.3, 0.4) is 0 Å². The predicted octanol–water partition coefficient (Wildman–Crippen LogP) is 3.22. The number of anilines is 1. The van der Waals surface area contributed by atoms with Crippen LogP contribution in [0.5, 0.6) is 0 Å². The molecular weight excluding hydrogens is 622 g/mol. The Morgan fingerprint density at radius 1 is 0.735 bits per heavy atom. The highest BCUT2D eigenvalue weighted by Crippen LogP contribution is 2.17. The van der Waals surface area contributed by atoms with Crippen molar-refractivity contribution in [3.8, 4) is 0 Å². The van der Waals surface area contributed by atoms with Crippen LogP contribution in [0.2, 0.25) is 0 Å². The number of benzene rings is 3. The Hall–Kier alpha value is -5.55. The lowest BCUT2D eigenvalue weighted by Gasteiger charge is -2.35. The molecule has 1 saturated heterocycles. The van der Waals surface area contributed by atoms with Gasteiger partial charge in [-0.1, -0.05) is 84.9 Å². The number of ether oxygens (including phenoxy) is 1. The first-order valence-corrected chi connectivity index (χ1v) is 16.3. The molecule has 1 aliphatic rings. The molecule has 0 bridgehead atoms. The van der Waals surface area contributed by atoms with E-state index in [0.29, 0.717) is 32.6 Å². The molecule has 2 heterocycles. The second-order valence-electron chi connectivity index (χ2n) is 12.0. The van der Waals surface area contributed by atoms with Gasteiger partial charge in [0.05, 0.1) is 13.0 Å². The number of rotatable bonds is 15. The molecule has 254 valence electrons. The van der Waals surface area contributed by atoms with Crippen LogP contribution in [-0.4, -0.2) is 83.6 Å². The summed E-state index contributed by atoms with van der Waals surface area (Å²) in [6, 6.07) is 27.7. The summed E-state index contributed by atoms with van der Waals surface area (Å²) in [5.74, 6) is -3.16. The van der Waals surface area contributed by atoms with E-state index < -0.39 is 42.3 Å². The lowest BCUT2D eigenvalue weighted by Crippen LogP contribution is -2.55. The Labute approximate surface area is 285 Å². The molecular formula is C38H41N5O6. The van der Waals surface area contributed by atoms with Gasteiger partial charge in [-0.05, 0) is 40.8 Å². The fourth-order valence-corrected chi connectivity index (χ4v) is 5.77. The number of aromatic nitrogens is 1. The molecule has 5 rings (SSSR count). The first-order valence-electron chi connectivity index (χ1n) is 16.3. The van der Waals surface area contributed by atoms with Crippen molar-refractivity contribution in [3.63, 3.8) is 0 Å². The molecule has 0 unspecified atom stereocenters. The van der Waals surface area contributed by atoms with Crippen LogP contribution in [0.1, 0.15) is 28.7 Å². The Balaban J connectivity index is 1.24. The molecule has 3 aromatic carbocycles. The van der Waals surface area contributed by atoms with Crippen LogP contribution in [-0.2, 0) is 43.4 Å². The summed E-state index contributed by atoms with van der Waals surface area (Å²) in [4.78, 5) is 60.5. The highest BCUT2D eigenvalue weighted by atomic mass is 16.5. The zero-order valence-corrected chi connectivity index (χ0v) is 27.2. The number of carboxylic acids is 1. The van der Waals surface area contributed by atoms with Gasteiger partial charge in [0.1, 0.15) is 18.7 Å². The Morgan fingerprint density at radius 3 is 2.00 bits per heavy atom. The van der Waals surface area contributed by atoms with Crippen molar-refractivity contribution >= 4 is 29.4 Å². The number of piperazine rings is 1. The number of nitrogens with one attached hydrogen (secondary N) is 2. The molecule has 11 nitrogen and oxygen atoms in total. The van der Waals surface area contributed by atoms with Gasteiger partial charge in [0.2, 0.25) is 11.8 Å². The molecule has 0 radical (unpaired) electrons. The normalized spacial score (nSPS) is 14.3. The number of hydrogen-bond donors (Lipinski definition) is 3. The number of hydrogen-bond acceptors (Lipinski definition) is 8. The smallest absolute Gasteiger partial charge is 0.326 e. The third-order valence-electron chi connectivity index (χ3n) is 8.43. The molecule has 1 aliphatic heterocycles. The maximum Gasteiger partial charge on any atom is 0.326 e. The van der Waals surface area contributed by atoms with Crippen molar-refractivity contribution in [1.82, 2.24) is 20.5 Å². The number of aliphatic carboxylic acids is 1. The van der Waals surface area contributed by atoms with E-state index in [1.807, 2.05) is 89.8 Å². The van der Waals surface area contributed by atoms with Gasteiger partial charge in [-0.2, -0.15) is 0 Å². The van der Waals surface area contributed by atoms with E-state index in [0.717, 1.165) is 27.9 Å². The molecule has 0 saturated carbocycles. The standard InChI is InChI=1S/C38H41N5O6/c44-35(26-42-19-21-43(22-20-42)32-15-17-39-18-16-32)40-33(25-36(45)49-27-29-11-5-2-6-12-29)37(46)41-34(38(47)48)24-31-14-8-7-13-30(31)23-28-9-3-1-4-10-28/h1-18,33-34H,19-27H2,(H,40,44)(H,41,46)(H,47,48)/t33-,34-/m0/s1. The summed E-state index contributed by atoms with van der Waals surface area (Å²) in [6.07, 6.45) is 3.63. The van der Waals surface area contributed by atoms with Gasteiger partial charge in [0.15, 0.2) is 0 Å². The minimum Gasteiger partial charge on any atom is -0.480 e. The zero-order chi connectivity index (χ0) is 34.4. The van der Waals surface area contributed by atoms with Crippen LogP contribution >= 0.6 is 0 Å². The number of carbonyl (C=O) groups is 4. The molecule has 1 aromatic heterocycles. The lowest BCUT2D eigenvalue weighted by molar-refractivity contribution is -0.147. The first-order chi connectivity index (χ1) is 23.8. The maximum atomic E-state index is 13.6. The molecule has 2 atom stereocenters. The van der Waals surface area contributed by atoms with Gasteiger partial charge in [0, 0.05) is 50.7 Å². The first kappa shape index (κ1) is 34.8. The van der Waals surface area contributed by atoms with Crippen LogP contribution in [0.4, 0.5) is 5.69 Å². The summed E-state index contributed by atoms with van der Waals surface area (Å²) in [7, 11) is 0. The number of amides is 2. The molecule has 0 aliphatic carbocycles.